The molecule has 0 spiro atoms. The minimum Gasteiger partial charge on any atom is -0.478 e. The lowest BCUT2D eigenvalue weighted by Crippen LogP contribution is -2.37. The van der Waals surface area contributed by atoms with E-state index in [-0.39, 0.29) is 21.9 Å². The van der Waals surface area contributed by atoms with E-state index >= 15 is 0 Å². The first-order chi connectivity index (χ1) is 14.8. The Bertz CT molecular complexity index is 1030. The molecular formula is C21H29N3O7S. The van der Waals surface area contributed by atoms with Gasteiger partial charge in [-0.3, -0.25) is 4.79 Å². The van der Waals surface area contributed by atoms with Crippen molar-refractivity contribution >= 4 is 27.6 Å². The van der Waals surface area contributed by atoms with Crippen molar-refractivity contribution in [3.8, 4) is 11.5 Å². The van der Waals surface area contributed by atoms with Gasteiger partial charge in [0.05, 0.1) is 11.3 Å². The third kappa shape index (κ3) is 8.53. The van der Waals surface area contributed by atoms with Crippen molar-refractivity contribution in [2.75, 3.05) is 11.9 Å². The van der Waals surface area contributed by atoms with Crippen LogP contribution in [0.2, 0.25) is 0 Å². The molecule has 7 N–H and O–H groups in total. The summed E-state index contributed by atoms with van der Waals surface area (Å²) in [5.74, 6) is -1.56. The van der Waals surface area contributed by atoms with Gasteiger partial charge in [-0.15, -0.1) is 0 Å². The Morgan fingerprint density at radius 3 is 2.16 bits per heavy atom. The maximum absolute atomic E-state index is 12.0. The van der Waals surface area contributed by atoms with Crippen LogP contribution in [0.3, 0.4) is 0 Å². The van der Waals surface area contributed by atoms with Crippen LogP contribution in [0.4, 0.5) is 5.69 Å². The zero-order chi connectivity index (χ0) is 24.5. The normalized spacial score (nSPS) is 11.2. The number of amides is 1. The number of primary sulfonamides is 1. The molecule has 32 heavy (non-hydrogen) atoms. The highest BCUT2D eigenvalue weighted by Gasteiger charge is 2.23. The molecule has 0 aromatic heterocycles. The van der Waals surface area contributed by atoms with E-state index < -0.39 is 27.5 Å². The predicted molar refractivity (Wildman–Crippen MR) is 120 cm³/mol. The highest BCUT2D eigenvalue weighted by molar-refractivity contribution is 7.89. The Kier molecular flexibility index (Phi) is 9.63. The number of carbonyl (C=O) groups is 2. The summed E-state index contributed by atoms with van der Waals surface area (Å²) in [4.78, 5) is 20.9. The van der Waals surface area contributed by atoms with Crippen LogP contribution in [0.5, 0.6) is 11.5 Å². The molecule has 0 aliphatic rings. The number of anilines is 1. The van der Waals surface area contributed by atoms with Gasteiger partial charge in [-0.05, 0) is 44.5 Å². The smallest absolute Gasteiger partial charge is 0.335 e. The Morgan fingerprint density at radius 1 is 1.16 bits per heavy atom. The van der Waals surface area contributed by atoms with E-state index in [1.54, 1.807) is 30.3 Å². The second-order valence-corrected chi connectivity index (χ2v) is 8.85. The van der Waals surface area contributed by atoms with E-state index in [9.17, 15) is 23.1 Å². The molecule has 0 saturated heterocycles. The molecule has 11 heteroatoms. The summed E-state index contributed by atoms with van der Waals surface area (Å²) in [6, 6.07) is 10.9. The molecule has 2 aromatic rings. The predicted octanol–water partition coefficient (Wildman–Crippen LogP) is 2.28. The van der Waals surface area contributed by atoms with Gasteiger partial charge in [0.2, 0.25) is 15.9 Å². The van der Waals surface area contributed by atoms with Crippen LogP contribution < -0.4 is 20.9 Å². The van der Waals surface area contributed by atoms with Crippen LogP contribution >= 0.6 is 0 Å². The molecule has 1 amide bonds. The number of carboxylic acids is 1. The van der Waals surface area contributed by atoms with Crippen molar-refractivity contribution in [3.05, 3.63) is 48.0 Å². The van der Waals surface area contributed by atoms with Crippen LogP contribution in [-0.4, -0.2) is 42.7 Å². The summed E-state index contributed by atoms with van der Waals surface area (Å²) in [5, 5.41) is 26.2. The lowest BCUT2D eigenvalue weighted by Gasteiger charge is -2.17. The molecule has 10 nitrogen and oxygen atoms in total. The Balaban J connectivity index is 0.000000633. The SMILES string of the molecule is CC(C)(O)C(N)=O.CCCCNc1cc(C(=O)O)cc(S(N)(=O)=O)c1Oc1ccccc1. The van der Waals surface area contributed by atoms with Crippen LogP contribution in [0, 0.1) is 0 Å². The molecule has 0 aliphatic carbocycles. The number of primary amides is 1. The van der Waals surface area contributed by atoms with E-state index in [1.165, 1.54) is 19.9 Å². The summed E-state index contributed by atoms with van der Waals surface area (Å²) in [6.45, 7) is 5.23. The number of para-hydroxylation sites is 1. The summed E-state index contributed by atoms with van der Waals surface area (Å²) in [6.07, 6.45) is 1.75. The van der Waals surface area contributed by atoms with Gasteiger partial charge >= 0.3 is 5.97 Å². The Morgan fingerprint density at radius 2 is 1.72 bits per heavy atom. The van der Waals surface area contributed by atoms with Gasteiger partial charge < -0.3 is 26.0 Å². The highest BCUT2D eigenvalue weighted by atomic mass is 32.2. The minimum atomic E-state index is -4.19. The Labute approximate surface area is 187 Å². The van der Waals surface area contributed by atoms with E-state index in [0.29, 0.717) is 12.3 Å². The zero-order valence-electron chi connectivity index (χ0n) is 18.2. The number of carboxylic acid groups (broad SMARTS) is 1. The first-order valence-electron chi connectivity index (χ1n) is 9.70. The third-order valence-corrected chi connectivity index (χ3v) is 4.94. The molecule has 0 radical (unpaired) electrons. The van der Waals surface area contributed by atoms with Crippen molar-refractivity contribution in [1.29, 1.82) is 0 Å². The molecule has 0 unspecified atom stereocenters. The van der Waals surface area contributed by atoms with Crippen molar-refractivity contribution in [2.45, 2.75) is 44.1 Å². The summed E-state index contributed by atoms with van der Waals surface area (Å²) in [7, 11) is -4.19. The van der Waals surface area contributed by atoms with E-state index in [4.69, 9.17) is 15.0 Å². The number of rotatable bonds is 9. The first kappa shape index (κ1) is 26.9. The molecule has 2 aromatic carbocycles. The average molecular weight is 468 g/mol. The topological polar surface area (TPSA) is 182 Å². The van der Waals surface area contributed by atoms with E-state index in [2.05, 4.69) is 11.1 Å². The number of aliphatic hydroxyl groups is 1. The number of sulfonamides is 1. The number of nitrogens with two attached hydrogens (primary N) is 2. The summed E-state index contributed by atoms with van der Waals surface area (Å²) in [5.41, 5.74) is 3.39. The molecule has 0 atom stereocenters. The molecule has 0 bridgehead atoms. The fraction of sp³-hybridized carbons (Fsp3) is 0.333. The number of nitrogens with one attached hydrogen (secondary N) is 1. The molecule has 176 valence electrons. The lowest BCUT2D eigenvalue weighted by atomic mass is 10.1. The lowest BCUT2D eigenvalue weighted by molar-refractivity contribution is -0.132. The van der Waals surface area contributed by atoms with Gasteiger partial charge in [0.25, 0.3) is 0 Å². The van der Waals surface area contributed by atoms with Crippen molar-refractivity contribution in [2.24, 2.45) is 10.9 Å². The van der Waals surface area contributed by atoms with Gasteiger partial charge in [-0.2, -0.15) is 0 Å². The fourth-order valence-electron chi connectivity index (χ4n) is 2.18. The van der Waals surface area contributed by atoms with Gasteiger partial charge in [0, 0.05) is 6.54 Å². The van der Waals surface area contributed by atoms with Crippen LogP contribution in [0.15, 0.2) is 47.4 Å². The molecule has 0 saturated carbocycles. The molecular weight excluding hydrogens is 438 g/mol. The van der Waals surface area contributed by atoms with Crippen molar-refractivity contribution in [3.63, 3.8) is 0 Å². The van der Waals surface area contributed by atoms with Crippen molar-refractivity contribution < 1.29 is 33.0 Å². The number of hydrogen-bond donors (Lipinski definition) is 5. The minimum absolute atomic E-state index is 0.0187. The van der Waals surface area contributed by atoms with E-state index in [1.807, 2.05) is 6.92 Å². The van der Waals surface area contributed by atoms with Gasteiger partial charge in [-0.25, -0.2) is 18.4 Å². The number of aromatic carboxylic acids is 1. The van der Waals surface area contributed by atoms with Crippen LogP contribution in [0.1, 0.15) is 44.0 Å². The molecule has 0 aliphatic heterocycles. The number of unbranched alkanes of at least 4 members (excludes halogenated alkanes) is 1. The average Bonchev–Trinajstić information content (AvgIpc) is 2.68. The summed E-state index contributed by atoms with van der Waals surface area (Å²) < 4.78 is 29.7. The zero-order valence-corrected chi connectivity index (χ0v) is 19.0. The maximum atomic E-state index is 12.0. The van der Waals surface area contributed by atoms with Crippen LogP contribution in [0.25, 0.3) is 0 Å². The fourth-order valence-corrected chi connectivity index (χ4v) is 2.88. The maximum Gasteiger partial charge on any atom is 0.335 e. The molecule has 2 rings (SSSR count). The Hall–Kier alpha value is -3.15. The molecule has 0 fully saturated rings. The number of hydrogen-bond acceptors (Lipinski definition) is 7. The number of ether oxygens (including phenoxy) is 1. The van der Waals surface area contributed by atoms with Gasteiger partial charge in [0.15, 0.2) is 5.75 Å². The number of benzene rings is 2. The second kappa shape index (κ2) is 11.5. The number of carbonyl (C=O) groups excluding carboxylic acids is 1. The van der Waals surface area contributed by atoms with Gasteiger partial charge in [0.1, 0.15) is 16.2 Å². The first-order valence-corrected chi connectivity index (χ1v) is 11.2. The summed E-state index contributed by atoms with van der Waals surface area (Å²) >= 11 is 0. The van der Waals surface area contributed by atoms with Crippen molar-refractivity contribution in [1.82, 2.24) is 0 Å². The standard InChI is InChI=1S/C17H20N2O5S.C4H9NO2/c1-2-3-9-19-14-10-12(17(20)21)11-15(25(18,22)23)16(14)24-13-7-5-4-6-8-13;1-4(2,7)3(5)6/h4-8,10-11,19H,2-3,9H2,1H3,(H,20,21)(H2,18,22,23);7H,1-2H3,(H2,5,6). The highest BCUT2D eigenvalue weighted by Crippen LogP contribution is 2.37. The third-order valence-electron chi connectivity index (χ3n) is 4.02. The quantitative estimate of drug-likeness (QED) is 0.348. The van der Waals surface area contributed by atoms with Gasteiger partial charge in [-0.1, -0.05) is 31.5 Å². The second-order valence-electron chi connectivity index (χ2n) is 7.32. The van der Waals surface area contributed by atoms with Crippen LogP contribution in [-0.2, 0) is 14.8 Å². The largest absolute Gasteiger partial charge is 0.478 e. The monoisotopic (exact) mass is 467 g/mol. The van der Waals surface area contributed by atoms with E-state index in [0.717, 1.165) is 18.9 Å². The molecule has 0 heterocycles.